The fraction of sp³-hybridized carbons (Fsp3) is 0.900. The molecular formula is C10H18N2O2. The summed E-state index contributed by atoms with van der Waals surface area (Å²) in [5.74, 6) is 0.646. The normalized spacial score (nSPS) is 31.4. The molecule has 2 saturated heterocycles. The standard InChI is InChI=1S/C10H18N2O2/c1-2-14-10(13)12-5-3-4-8-6-11-7-9(8)12/h8-9,11H,2-7H2,1H3/t8-,9?/m1/s1. The number of likely N-dealkylation sites (tertiary alicyclic amines) is 1. The second kappa shape index (κ2) is 4.17. The van der Waals surface area contributed by atoms with Crippen LogP contribution in [0.3, 0.4) is 0 Å². The van der Waals surface area contributed by atoms with Crippen molar-refractivity contribution < 1.29 is 9.53 Å². The van der Waals surface area contributed by atoms with Crippen molar-refractivity contribution in [2.24, 2.45) is 5.92 Å². The second-order valence-electron chi connectivity index (χ2n) is 4.02. The fourth-order valence-corrected chi connectivity index (χ4v) is 2.50. The third-order valence-electron chi connectivity index (χ3n) is 3.18. The number of ether oxygens (including phenoxy) is 1. The lowest BCUT2D eigenvalue weighted by Crippen LogP contribution is -2.48. The number of carbonyl (C=O) groups is 1. The molecule has 1 N–H and O–H groups in total. The summed E-state index contributed by atoms with van der Waals surface area (Å²) in [6.07, 6.45) is 2.22. The molecule has 0 spiro atoms. The summed E-state index contributed by atoms with van der Waals surface area (Å²) < 4.78 is 5.05. The molecule has 2 aliphatic rings. The maximum absolute atomic E-state index is 11.6. The number of carbonyl (C=O) groups excluding carboxylic acids is 1. The Morgan fingerprint density at radius 1 is 1.57 bits per heavy atom. The van der Waals surface area contributed by atoms with Gasteiger partial charge in [-0.2, -0.15) is 0 Å². The maximum atomic E-state index is 11.6. The summed E-state index contributed by atoms with van der Waals surface area (Å²) in [7, 11) is 0. The van der Waals surface area contributed by atoms with Crippen molar-refractivity contribution in [3.05, 3.63) is 0 Å². The molecule has 2 fully saturated rings. The predicted octanol–water partition coefficient (Wildman–Crippen LogP) is 0.827. The topological polar surface area (TPSA) is 41.6 Å². The van der Waals surface area contributed by atoms with Gasteiger partial charge in [-0.15, -0.1) is 0 Å². The zero-order valence-corrected chi connectivity index (χ0v) is 8.66. The van der Waals surface area contributed by atoms with Gasteiger partial charge in [0.05, 0.1) is 12.6 Å². The highest BCUT2D eigenvalue weighted by molar-refractivity contribution is 5.68. The molecule has 0 aromatic rings. The Morgan fingerprint density at radius 3 is 3.21 bits per heavy atom. The van der Waals surface area contributed by atoms with Crippen LogP contribution < -0.4 is 5.32 Å². The Hall–Kier alpha value is -0.770. The minimum absolute atomic E-state index is 0.133. The van der Waals surface area contributed by atoms with Crippen molar-refractivity contribution in [2.45, 2.75) is 25.8 Å². The molecule has 0 aliphatic carbocycles. The molecule has 1 amide bonds. The van der Waals surface area contributed by atoms with Crippen LogP contribution in [0, 0.1) is 5.92 Å². The van der Waals surface area contributed by atoms with Crippen molar-refractivity contribution in [3.63, 3.8) is 0 Å². The summed E-state index contributed by atoms with van der Waals surface area (Å²) in [5, 5.41) is 3.34. The summed E-state index contributed by atoms with van der Waals surface area (Å²) in [6.45, 7) is 5.18. The van der Waals surface area contributed by atoms with Gasteiger partial charge in [0, 0.05) is 19.6 Å². The van der Waals surface area contributed by atoms with Crippen LogP contribution in [0.2, 0.25) is 0 Å². The SMILES string of the molecule is CCOC(=O)N1CCC[C@@H]2CNCC21. The van der Waals surface area contributed by atoms with Crippen LogP contribution in [0.25, 0.3) is 0 Å². The first-order valence-electron chi connectivity index (χ1n) is 5.47. The molecule has 0 aromatic carbocycles. The smallest absolute Gasteiger partial charge is 0.410 e. The fourth-order valence-electron chi connectivity index (χ4n) is 2.50. The van der Waals surface area contributed by atoms with E-state index in [1.807, 2.05) is 11.8 Å². The first-order chi connectivity index (χ1) is 6.83. The Labute approximate surface area is 84.6 Å². The van der Waals surface area contributed by atoms with Gasteiger partial charge in [0.25, 0.3) is 0 Å². The van der Waals surface area contributed by atoms with Gasteiger partial charge in [-0.3, -0.25) is 0 Å². The molecule has 14 heavy (non-hydrogen) atoms. The van der Waals surface area contributed by atoms with Crippen LogP contribution in [0.5, 0.6) is 0 Å². The van der Waals surface area contributed by atoms with Crippen LogP contribution >= 0.6 is 0 Å². The largest absolute Gasteiger partial charge is 0.450 e. The van der Waals surface area contributed by atoms with E-state index in [0.717, 1.165) is 26.1 Å². The highest BCUT2D eigenvalue weighted by Gasteiger charge is 2.37. The minimum Gasteiger partial charge on any atom is -0.450 e. The second-order valence-corrected chi connectivity index (χ2v) is 4.02. The van der Waals surface area contributed by atoms with Crippen molar-refractivity contribution in [3.8, 4) is 0 Å². The molecule has 0 saturated carbocycles. The number of piperidine rings is 1. The average molecular weight is 198 g/mol. The lowest BCUT2D eigenvalue weighted by Gasteiger charge is -2.35. The van der Waals surface area contributed by atoms with Crippen LogP contribution in [0.4, 0.5) is 4.79 Å². The molecule has 2 aliphatic heterocycles. The molecule has 4 nitrogen and oxygen atoms in total. The monoisotopic (exact) mass is 198 g/mol. The molecule has 2 atom stereocenters. The van der Waals surface area contributed by atoms with Crippen molar-refractivity contribution in [1.29, 1.82) is 0 Å². The number of nitrogens with zero attached hydrogens (tertiary/aromatic N) is 1. The third kappa shape index (κ3) is 1.71. The zero-order chi connectivity index (χ0) is 9.97. The zero-order valence-electron chi connectivity index (χ0n) is 8.66. The molecule has 0 aromatic heterocycles. The Balaban J connectivity index is 1.99. The first kappa shape index (κ1) is 9.77. The molecule has 0 radical (unpaired) electrons. The van der Waals surface area contributed by atoms with Gasteiger partial charge in [-0.25, -0.2) is 4.79 Å². The van der Waals surface area contributed by atoms with Gasteiger partial charge in [0.2, 0.25) is 0 Å². The van der Waals surface area contributed by atoms with Gasteiger partial charge in [0.15, 0.2) is 0 Å². The van der Waals surface area contributed by atoms with Crippen molar-refractivity contribution in [1.82, 2.24) is 10.2 Å². The average Bonchev–Trinajstić information content (AvgIpc) is 2.65. The maximum Gasteiger partial charge on any atom is 0.410 e. The third-order valence-corrected chi connectivity index (χ3v) is 3.18. The van der Waals surface area contributed by atoms with E-state index >= 15 is 0 Å². The van der Waals surface area contributed by atoms with E-state index < -0.39 is 0 Å². The van der Waals surface area contributed by atoms with Crippen LogP contribution in [-0.4, -0.2) is 43.3 Å². The Morgan fingerprint density at radius 2 is 2.43 bits per heavy atom. The summed E-state index contributed by atoms with van der Waals surface area (Å²) in [6, 6.07) is 0.378. The highest BCUT2D eigenvalue weighted by Crippen LogP contribution is 2.26. The van der Waals surface area contributed by atoms with Crippen LogP contribution in [0.15, 0.2) is 0 Å². The number of nitrogens with one attached hydrogen (secondary N) is 1. The van der Waals surface area contributed by atoms with E-state index in [4.69, 9.17) is 4.74 Å². The van der Waals surface area contributed by atoms with E-state index in [9.17, 15) is 4.79 Å². The van der Waals surface area contributed by atoms with E-state index in [1.54, 1.807) is 0 Å². The number of fused-ring (bicyclic) bond motifs is 1. The highest BCUT2D eigenvalue weighted by atomic mass is 16.6. The Kier molecular flexibility index (Phi) is 2.91. The minimum atomic E-state index is -0.133. The molecule has 2 rings (SSSR count). The van der Waals surface area contributed by atoms with Crippen molar-refractivity contribution in [2.75, 3.05) is 26.2 Å². The molecule has 0 bridgehead atoms. The molecule has 80 valence electrons. The lowest BCUT2D eigenvalue weighted by molar-refractivity contribution is 0.0694. The lowest BCUT2D eigenvalue weighted by atomic mass is 9.92. The van der Waals surface area contributed by atoms with Gasteiger partial charge >= 0.3 is 6.09 Å². The quantitative estimate of drug-likeness (QED) is 0.678. The van der Waals surface area contributed by atoms with E-state index in [2.05, 4.69) is 5.32 Å². The molecule has 2 heterocycles. The number of hydrogen-bond acceptors (Lipinski definition) is 3. The van der Waals surface area contributed by atoms with Gasteiger partial charge in [-0.05, 0) is 25.7 Å². The summed E-state index contributed by atoms with van der Waals surface area (Å²) >= 11 is 0. The molecular weight excluding hydrogens is 180 g/mol. The Bertz CT molecular complexity index is 220. The van der Waals surface area contributed by atoms with Crippen LogP contribution in [0.1, 0.15) is 19.8 Å². The summed E-state index contributed by atoms with van der Waals surface area (Å²) in [5.41, 5.74) is 0. The predicted molar refractivity (Wildman–Crippen MR) is 53.1 cm³/mol. The van der Waals surface area contributed by atoms with Gasteiger partial charge < -0.3 is 15.0 Å². The number of rotatable bonds is 1. The van der Waals surface area contributed by atoms with Gasteiger partial charge in [0.1, 0.15) is 0 Å². The first-order valence-corrected chi connectivity index (χ1v) is 5.47. The van der Waals surface area contributed by atoms with Crippen LogP contribution in [-0.2, 0) is 4.74 Å². The van der Waals surface area contributed by atoms with E-state index in [0.29, 0.717) is 18.6 Å². The van der Waals surface area contributed by atoms with Gasteiger partial charge in [-0.1, -0.05) is 0 Å². The number of amides is 1. The summed E-state index contributed by atoms with van der Waals surface area (Å²) in [4.78, 5) is 13.5. The molecule has 1 unspecified atom stereocenters. The number of hydrogen-bond donors (Lipinski definition) is 1. The van der Waals surface area contributed by atoms with Crippen molar-refractivity contribution >= 4 is 6.09 Å². The molecule has 4 heteroatoms. The van der Waals surface area contributed by atoms with E-state index in [-0.39, 0.29) is 6.09 Å². The van der Waals surface area contributed by atoms with E-state index in [1.165, 1.54) is 6.42 Å².